The number of allylic oxidation sites excluding steroid dienone is 35. The van der Waals surface area contributed by atoms with Gasteiger partial charge in [0.2, 0.25) is 0 Å². The van der Waals surface area contributed by atoms with Crippen LogP contribution in [0.15, 0.2) is 219 Å². The number of aliphatic hydroxyl groups excluding tert-OH is 1. The third-order valence-electron chi connectivity index (χ3n) is 15.0. The summed E-state index contributed by atoms with van der Waals surface area (Å²) in [6, 6.07) is 0. The molecular formula is C87H134O17P2. The molecule has 106 heavy (non-hydrogen) atoms. The lowest BCUT2D eigenvalue weighted by Crippen LogP contribution is -2.30. The van der Waals surface area contributed by atoms with E-state index < -0.39 is 97.5 Å². The molecule has 0 radical (unpaired) electrons. The summed E-state index contributed by atoms with van der Waals surface area (Å²) in [6.45, 7) is 4.12. The molecule has 0 aromatic rings. The third-order valence-corrected chi connectivity index (χ3v) is 16.9. The molecule has 17 nitrogen and oxygen atoms in total. The molecule has 0 aliphatic carbocycles. The van der Waals surface area contributed by atoms with Crippen molar-refractivity contribution in [1.29, 1.82) is 0 Å². The molecule has 0 amide bonds. The number of phosphoric acid groups is 2. The van der Waals surface area contributed by atoms with Gasteiger partial charge < -0.3 is 33.8 Å². The Morgan fingerprint density at radius 2 is 0.509 bits per heavy atom. The highest BCUT2D eigenvalue weighted by Gasteiger charge is 2.30. The normalized spacial score (nSPS) is 15.0. The van der Waals surface area contributed by atoms with Gasteiger partial charge in [-0.1, -0.05) is 272 Å². The van der Waals surface area contributed by atoms with Gasteiger partial charge in [0.05, 0.1) is 32.8 Å². The summed E-state index contributed by atoms with van der Waals surface area (Å²) in [7, 11) is -10.0. The SMILES string of the molecule is CC/C=C\C/C=C\C/C=C\C/C=C\C/C=C\CCCC(=O)OCC(COP(=O)(O)OCC(O)COP(=O)(O)OCC(COC(=O)CCCCCCCC/C=C\C/C=C\C/C=C\C/C=C\CC)OC(=O)CCCC/C=C\C/C=C\C/C=C\C/C=C\CC)OC(=O)C/C=C\C/C=C\C/C=C\C/C=C\C/C=C\CC. The monoisotopic (exact) mass is 1510 g/mol. The fourth-order valence-corrected chi connectivity index (χ4v) is 10.8. The highest BCUT2D eigenvalue weighted by atomic mass is 31.2. The van der Waals surface area contributed by atoms with Crippen LogP contribution < -0.4 is 0 Å². The van der Waals surface area contributed by atoms with E-state index in [0.717, 1.165) is 154 Å². The molecule has 5 unspecified atom stereocenters. The minimum absolute atomic E-state index is 0.0256. The number of unbranched alkanes of at least 4 members (excludes halogenated alkanes) is 9. The molecule has 0 rings (SSSR count). The summed E-state index contributed by atoms with van der Waals surface area (Å²) < 4.78 is 68.3. The molecule has 0 spiro atoms. The van der Waals surface area contributed by atoms with Crippen LogP contribution in [0.2, 0.25) is 0 Å². The van der Waals surface area contributed by atoms with E-state index in [4.69, 9.17) is 37.0 Å². The standard InChI is InChI=1S/C87H134O17P2/c1-5-9-13-17-21-25-29-33-37-39-40-42-46-48-52-56-60-64-68-72-85(90)98-78-83(104-87(92)74-70-66-62-58-54-50-44-36-32-28-24-20-16-12-8-4)80-102-106(95,96)100-76-81(88)75-99-105(93,94)101-79-82(103-86(91)73-69-65-61-57-53-49-43-35-31-27-23-19-15-11-7-3)77-97-84(89)71-67-63-59-55-51-47-45-41-38-34-30-26-22-18-14-10-6-2/h9-16,21-28,33-38,40,42-45,47,53-55,57-59,65,69,81-83,88H,5-8,17-20,29-32,39,41,46,48-52,56,60-64,66-68,70-80H2,1-4H3,(H,93,94)(H,95,96)/b13-9-,14-10-,15-11-,16-12-,25-21-,26-22-,27-23-,28-24-,37-33-,38-34-,42-40-,43-35-,44-36-,47-45-,57-53-,58-54-,59-55-,69-65-. The van der Waals surface area contributed by atoms with Crippen molar-refractivity contribution in [3.05, 3.63) is 219 Å². The first-order valence-corrected chi connectivity index (χ1v) is 42.0. The molecule has 19 heteroatoms. The Labute approximate surface area is 639 Å². The fraction of sp³-hybridized carbons (Fsp3) is 0.540. The fourth-order valence-electron chi connectivity index (χ4n) is 9.19. The average molecular weight is 1510 g/mol. The first kappa shape index (κ1) is 99.4. The molecule has 594 valence electrons. The van der Waals surface area contributed by atoms with Gasteiger partial charge in [0.25, 0.3) is 0 Å². The highest BCUT2D eigenvalue weighted by molar-refractivity contribution is 7.47. The lowest BCUT2D eigenvalue weighted by Gasteiger charge is -2.21. The Kier molecular flexibility index (Phi) is 71.8. The first-order chi connectivity index (χ1) is 51.7. The molecular weight excluding hydrogens is 1380 g/mol. The van der Waals surface area contributed by atoms with Crippen molar-refractivity contribution in [2.45, 2.75) is 264 Å². The van der Waals surface area contributed by atoms with Crippen LogP contribution in [-0.2, 0) is 65.4 Å². The zero-order valence-corrected chi connectivity index (χ0v) is 66.5. The molecule has 0 aliphatic rings. The maximum Gasteiger partial charge on any atom is 0.472 e. The molecule has 0 heterocycles. The smallest absolute Gasteiger partial charge is 0.462 e. The number of esters is 4. The van der Waals surface area contributed by atoms with Crippen LogP contribution in [0.3, 0.4) is 0 Å². The highest BCUT2D eigenvalue weighted by Crippen LogP contribution is 2.45. The van der Waals surface area contributed by atoms with Gasteiger partial charge >= 0.3 is 39.5 Å². The van der Waals surface area contributed by atoms with Gasteiger partial charge in [0.1, 0.15) is 19.3 Å². The van der Waals surface area contributed by atoms with Crippen LogP contribution in [0.1, 0.15) is 246 Å². The number of hydrogen-bond donors (Lipinski definition) is 3. The van der Waals surface area contributed by atoms with Crippen molar-refractivity contribution in [3.8, 4) is 0 Å². The van der Waals surface area contributed by atoms with E-state index in [9.17, 15) is 43.2 Å². The van der Waals surface area contributed by atoms with Gasteiger partial charge in [-0.2, -0.15) is 0 Å². The van der Waals surface area contributed by atoms with Crippen LogP contribution in [0.25, 0.3) is 0 Å². The number of carbonyl (C=O) groups is 4. The second-order valence-electron chi connectivity index (χ2n) is 24.8. The predicted molar refractivity (Wildman–Crippen MR) is 435 cm³/mol. The van der Waals surface area contributed by atoms with Gasteiger partial charge in [-0.05, 0) is 167 Å². The summed E-state index contributed by atoms with van der Waals surface area (Å²) in [4.78, 5) is 72.9. The van der Waals surface area contributed by atoms with E-state index >= 15 is 0 Å². The van der Waals surface area contributed by atoms with Crippen molar-refractivity contribution < 1.29 is 80.2 Å². The van der Waals surface area contributed by atoms with E-state index in [1.807, 2.05) is 24.3 Å². The summed E-state index contributed by atoms with van der Waals surface area (Å²) in [5, 5.41) is 10.6. The summed E-state index contributed by atoms with van der Waals surface area (Å²) in [6.07, 6.45) is 96.8. The van der Waals surface area contributed by atoms with Gasteiger partial charge in [0, 0.05) is 19.3 Å². The molecule has 0 aromatic heterocycles. The molecule has 3 N–H and O–H groups in total. The summed E-state index contributed by atoms with van der Waals surface area (Å²) in [5.74, 6) is -2.49. The Morgan fingerprint density at radius 3 is 0.849 bits per heavy atom. The molecule has 0 aliphatic heterocycles. The second-order valence-corrected chi connectivity index (χ2v) is 27.7. The third kappa shape index (κ3) is 75.6. The minimum atomic E-state index is -5.03. The van der Waals surface area contributed by atoms with Crippen molar-refractivity contribution in [3.63, 3.8) is 0 Å². The maximum absolute atomic E-state index is 13.1. The molecule has 0 saturated heterocycles. The van der Waals surface area contributed by atoms with Gasteiger partial charge in [-0.25, -0.2) is 9.13 Å². The second kappa shape index (κ2) is 76.6. The van der Waals surface area contributed by atoms with E-state index in [-0.39, 0.29) is 25.7 Å². The Bertz CT molecular complexity index is 2880. The van der Waals surface area contributed by atoms with E-state index in [1.54, 1.807) is 12.2 Å². The number of phosphoric ester groups is 2. The quantitative estimate of drug-likeness (QED) is 0.0169. The van der Waals surface area contributed by atoms with Gasteiger partial charge in [0.15, 0.2) is 12.2 Å². The summed E-state index contributed by atoms with van der Waals surface area (Å²) in [5.41, 5.74) is 0. The zero-order valence-electron chi connectivity index (χ0n) is 64.8. The van der Waals surface area contributed by atoms with Crippen LogP contribution in [0.4, 0.5) is 0 Å². The lowest BCUT2D eigenvalue weighted by atomic mass is 10.1. The van der Waals surface area contributed by atoms with Gasteiger partial charge in [-0.15, -0.1) is 0 Å². The van der Waals surface area contributed by atoms with E-state index in [2.05, 4.69) is 210 Å². The zero-order chi connectivity index (χ0) is 77.4. The predicted octanol–water partition coefficient (Wildman–Crippen LogP) is 22.9. The molecule has 0 fully saturated rings. The average Bonchev–Trinajstić information content (AvgIpc) is 0.928. The number of hydrogen-bond acceptors (Lipinski definition) is 15. The number of carbonyl (C=O) groups excluding carboxylic acids is 4. The van der Waals surface area contributed by atoms with Crippen LogP contribution in [0, 0.1) is 0 Å². The van der Waals surface area contributed by atoms with Crippen molar-refractivity contribution in [2.75, 3.05) is 39.6 Å². The van der Waals surface area contributed by atoms with Crippen molar-refractivity contribution in [2.24, 2.45) is 0 Å². The van der Waals surface area contributed by atoms with Crippen molar-refractivity contribution in [1.82, 2.24) is 0 Å². The van der Waals surface area contributed by atoms with Crippen LogP contribution in [-0.4, -0.2) is 96.7 Å². The lowest BCUT2D eigenvalue weighted by molar-refractivity contribution is -0.161. The maximum atomic E-state index is 13.1. The van der Waals surface area contributed by atoms with E-state index in [0.29, 0.717) is 38.5 Å². The Morgan fingerprint density at radius 1 is 0.274 bits per heavy atom. The summed E-state index contributed by atoms with van der Waals surface area (Å²) >= 11 is 0. The number of ether oxygens (including phenoxy) is 4. The molecule has 0 saturated carbocycles. The van der Waals surface area contributed by atoms with Crippen LogP contribution >= 0.6 is 15.6 Å². The number of rotatable bonds is 70. The Balaban J connectivity index is 5.55. The minimum Gasteiger partial charge on any atom is -0.462 e. The van der Waals surface area contributed by atoms with Gasteiger partial charge in [-0.3, -0.25) is 37.3 Å². The Hall–Kier alpha value is -6.62. The van der Waals surface area contributed by atoms with Crippen LogP contribution in [0.5, 0.6) is 0 Å². The molecule has 0 bridgehead atoms. The molecule has 5 atom stereocenters. The van der Waals surface area contributed by atoms with Crippen molar-refractivity contribution >= 4 is 39.5 Å². The first-order valence-electron chi connectivity index (χ1n) is 39.0. The largest absolute Gasteiger partial charge is 0.472 e. The number of aliphatic hydroxyl groups is 1. The van der Waals surface area contributed by atoms with E-state index in [1.165, 1.54) is 0 Å². The topological polar surface area (TPSA) is 237 Å². The molecule has 0 aromatic carbocycles.